The topological polar surface area (TPSA) is 82.0 Å². The summed E-state index contributed by atoms with van der Waals surface area (Å²) < 4.78 is 0. The molecule has 0 aliphatic carbocycles. The van der Waals surface area contributed by atoms with Crippen LogP contribution in [0, 0.1) is 18.3 Å². The quantitative estimate of drug-likeness (QED) is 0.643. The van der Waals surface area contributed by atoms with Gasteiger partial charge in [0.05, 0.1) is 16.8 Å². The zero-order valence-electron chi connectivity index (χ0n) is 9.38. The molecule has 0 bridgehead atoms. The second-order valence-corrected chi connectivity index (χ2v) is 4.19. The summed E-state index contributed by atoms with van der Waals surface area (Å²) in [5, 5.41) is 13.4. The van der Waals surface area contributed by atoms with Gasteiger partial charge in [-0.15, -0.1) is 0 Å². The van der Waals surface area contributed by atoms with Crippen LogP contribution < -0.4 is 10.6 Å². The van der Waals surface area contributed by atoms with Crippen molar-refractivity contribution in [2.45, 2.75) is 6.92 Å². The van der Waals surface area contributed by atoms with Crippen LogP contribution in [0.4, 0.5) is 5.69 Å². The Labute approximate surface area is 114 Å². The van der Waals surface area contributed by atoms with Crippen LogP contribution in [0.1, 0.15) is 5.56 Å². The van der Waals surface area contributed by atoms with Crippen molar-refractivity contribution in [2.75, 3.05) is 11.9 Å². The minimum absolute atomic E-state index is 0.240. The zero-order chi connectivity index (χ0) is 13.7. The van der Waals surface area contributed by atoms with Gasteiger partial charge in [0.1, 0.15) is 6.54 Å². The number of hydrogen-bond donors (Lipinski definition) is 2. The fourth-order valence-corrected chi connectivity index (χ4v) is 1.55. The van der Waals surface area contributed by atoms with Gasteiger partial charge in [-0.2, -0.15) is 5.26 Å². The second-order valence-electron chi connectivity index (χ2n) is 3.38. The molecule has 1 aromatic carbocycles. The number of nitriles is 1. The van der Waals surface area contributed by atoms with Gasteiger partial charge in [0, 0.05) is 5.02 Å². The SMILES string of the molecule is Cc1cc(Cl)c(NC(=O)C(=O)NCC#N)cc1Cl. The number of benzene rings is 1. The van der Waals surface area contributed by atoms with Crippen molar-refractivity contribution in [1.29, 1.82) is 5.26 Å². The number of hydrogen-bond acceptors (Lipinski definition) is 3. The number of carbonyl (C=O) groups excluding carboxylic acids is 2. The summed E-state index contributed by atoms with van der Waals surface area (Å²) in [5.41, 5.74) is 0.998. The molecule has 0 spiro atoms. The summed E-state index contributed by atoms with van der Waals surface area (Å²) in [6.07, 6.45) is 0. The molecule has 0 aromatic heterocycles. The monoisotopic (exact) mass is 285 g/mol. The molecule has 0 aliphatic heterocycles. The van der Waals surface area contributed by atoms with Crippen molar-refractivity contribution in [2.24, 2.45) is 0 Å². The van der Waals surface area contributed by atoms with Crippen molar-refractivity contribution in [3.05, 3.63) is 27.7 Å². The maximum atomic E-state index is 11.4. The molecule has 2 amide bonds. The van der Waals surface area contributed by atoms with Crippen LogP contribution in [0.2, 0.25) is 10.0 Å². The molecule has 7 heteroatoms. The van der Waals surface area contributed by atoms with Crippen molar-refractivity contribution in [3.8, 4) is 6.07 Å². The van der Waals surface area contributed by atoms with Gasteiger partial charge in [-0.1, -0.05) is 23.2 Å². The number of nitrogens with one attached hydrogen (secondary N) is 2. The first kappa shape index (κ1) is 14.3. The van der Waals surface area contributed by atoms with Gasteiger partial charge in [0.25, 0.3) is 0 Å². The van der Waals surface area contributed by atoms with Crippen molar-refractivity contribution in [1.82, 2.24) is 5.32 Å². The highest BCUT2D eigenvalue weighted by Gasteiger charge is 2.15. The van der Waals surface area contributed by atoms with Gasteiger partial charge in [-0.05, 0) is 24.6 Å². The summed E-state index contributed by atoms with van der Waals surface area (Å²) in [6.45, 7) is 1.52. The summed E-state index contributed by atoms with van der Waals surface area (Å²) in [7, 11) is 0. The average molecular weight is 286 g/mol. The van der Waals surface area contributed by atoms with Crippen molar-refractivity contribution in [3.63, 3.8) is 0 Å². The molecule has 0 aliphatic rings. The van der Waals surface area contributed by atoms with E-state index in [2.05, 4.69) is 10.6 Å². The van der Waals surface area contributed by atoms with E-state index in [1.807, 2.05) is 0 Å². The number of carbonyl (C=O) groups is 2. The van der Waals surface area contributed by atoms with E-state index >= 15 is 0 Å². The highest BCUT2D eigenvalue weighted by molar-refractivity contribution is 6.42. The number of aryl methyl sites for hydroxylation is 1. The lowest BCUT2D eigenvalue weighted by Gasteiger charge is -2.08. The first-order valence-electron chi connectivity index (χ1n) is 4.87. The maximum Gasteiger partial charge on any atom is 0.313 e. The summed E-state index contributed by atoms with van der Waals surface area (Å²) in [6, 6.07) is 4.72. The molecule has 5 nitrogen and oxygen atoms in total. The average Bonchev–Trinajstić information content (AvgIpc) is 2.32. The predicted molar refractivity (Wildman–Crippen MR) is 68.5 cm³/mol. The Morgan fingerprint density at radius 1 is 1.28 bits per heavy atom. The van der Waals surface area contributed by atoms with E-state index in [1.54, 1.807) is 19.1 Å². The molecule has 18 heavy (non-hydrogen) atoms. The Morgan fingerprint density at radius 3 is 2.56 bits per heavy atom. The molecule has 1 aromatic rings. The van der Waals surface area contributed by atoms with Gasteiger partial charge < -0.3 is 10.6 Å². The molecule has 2 N–H and O–H groups in total. The molecule has 94 valence electrons. The lowest BCUT2D eigenvalue weighted by molar-refractivity contribution is -0.136. The van der Waals surface area contributed by atoms with Gasteiger partial charge in [0.15, 0.2) is 0 Å². The normalized spacial score (nSPS) is 9.44. The maximum absolute atomic E-state index is 11.4. The third kappa shape index (κ3) is 3.62. The number of rotatable bonds is 2. The van der Waals surface area contributed by atoms with E-state index < -0.39 is 11.8 Å². The summed E-state index contributed by atoms with van der Waals surface area (Å²) >= 11 is 11.8. The van der Waals surface area contributed by atoms with E-state index in [1.165, 1.54) is 6.07 Å². The molecule has 0 heterocycles. The smallest absolute Gasteiger partial charge is 0.313 e. The number of amides is 2. The van der Waals surface area contributed by atoms with E-state index in [-0.39, 0.29) is 17.3 Å². The predicted octanol–water partition coefficient (Wildman–Crippen LogP) is 1.88. The van der Waals surface area contributed by atoms with Gasteiger partial charge in [0.2, 0.25) is 0 Å². The minimum atomic E-state index is -0.913. The Hall–Kier alpha value is -1.77. The zero-order valence-corrected chi connectivity index (χ0v) is 10.9. The third-order valence-corrected chi connectivity index (χ3v) is 2.75. The van der Waals surface area contributed by atoms with Crippen LogP contribution in [0.25, 0.3) is 0 Å². The van der Waals surface area contributed by atoms with E-state index in [4.69, 9.17) is 28.5 Å². The van der Waals surface area contributed by atoms with Crippen molar-refractivity contribution < 1.29 is 9.59 Å². The number of nitrogens with zero attached hydrogens (tertiary/aromatic N) is 1. The molecular formula is C11H9Cl2N3O2. The molecule has 0 saturated carbocycles. The number of anilines is 1. The standard InChI is InChI=1S/C11H9Cl2N3O2/c1-6-4-8(13)9(5-7(6)12)16-11(18)10(17)15-3-2-14/h4-5H,3H2,1H3,(H,15,17)(H,16,18). The fraction of sp³-hybridized carbons (Fsp3) is 0.182. The first-order valence-corrected chi connectivity index (χ1v) is 5.63. The number of halogens is 2. The van der Waals surface area contributed by atoms with E-state index in [9.17, 15) is 9.59 Å². The molecule has 0 fully saturated rings. The van der Waals surface area contributed by atoms with Gasteiger partial charge >= 0.3 is 11.8 Å². The Balaban J connectivity index is 2.80. The van der Waals surface area contributed by atoms with Crippen LogP contribution in [0.3, 0.4) is 0 Å². The van der Waals surface area contributed by atoms with Gasteiger partial charge in [-0.25, -0.2) is 0 Å². The molecule has 0 unspecified atom stereocenters. The molecule has 0 saturated heterocycles. The molecular weight excluding hydrogens is 277 g/mol. The Kier molecular flexibility index (Phi) is 4.95. The van der Waals surface area contributed by atoms with Crippen LogP contribution >= 0.6 is 23.2 Å². The van der Waals surface area contributed by atoms with Crippen molar-refractivity contribution >= 4 is 40.7 Å². The minimum Gasteiger partial charge on any atom is -0.335 e. The Bertz CT molecular complexity index is 538. The van der Waals surface area contributed by atoms with Crippen LogP contribution in [-0.2, 0) is 9.59 Å². The van der Waals surface area contributed by atoms with Crippen LogP contribution in [0.5, 0.6) is 0 Å². The van der Waals surface area contributed by atoms with Crippen LogP contribution in [-0.4, -0.2) is 18.4 Å². The Morgan fingerprint density at radius 2 is 1.94 bits per heavy atom. The molecule has 0 atom stereocenters. The lowest BCUT2D eigenvalue weighted by Crippen LogP contribution is -2.35. The van der Waals surface area contributed by atoms with Crippen LogP contribution in [0.15, 0.2) is 12.1 Å². The molecule has 1 rings (SSSR count). The lowest BCUT2D eigenvalue weighted by atomic mass is 10.2. The summed E-state index contributed by atoms with van der Waals surface area (Å²) in [4.78, 5) is 22.7. The van der Waals surface area contributed by atoms with Gasteiger partial charge in [-0.3, -0.25) is 9.59 Å². The van der Waals surface area contributed by atoms with E-state index in [0.29, 0.717) is 5.02 Å². The fourth-order valence-electron chi connectivity index (χ4n) is 1.12. The third-order valence-electron chi connectivity index (χ3n) is 2.03. The molecule has 0 radical (unpaired) electrons. The first-order chi connectivity index (χ1) is 8.45. The highest BCUT2D eigenvalue weighted by atomic mass is 35.5. The van der Waals surface area contributed by atoms with E-state index in [0.717, 1.165) is 5.56 Å². The summed E-state index contributed by atoms with van der Waals surface area (Å²) in [5.74, 6) is -1.82. The highest BCUT2D eigenvalue weighted by Crippen LogP contribution is 2.28. The largest absolute Gasteiger partial charge is 0.335 e. The second kappa shape index (κ2) is 6.24.